The lowest BCUT2D eigenvalue weighted by atomic mass is 10.0. The fourth-order valence-electron chi connectivity index (χ4n) is 6.24. The molecule has 1 unspecified atom stereocenters. The second-order valence-corrected chi connectivity index (χ2v) is 16.1. The molecule has 2 heterocycles. The lowest BCUT2D eigenvalue weighted by Crippen LogP contribution is -2.30. The van der Waals surface area contributed by atoms with E-state index < -0.39 is 23.0 Å². The average molecular weight is 773 g/mol. The molecule has 1 aliphatic rings. The van der Waals surface area contributed by atoms with E-state index in [-0.39, 0.29) is 11.6 Å². The number of methoxy groups -OCH3 is 1. The Morgan fingerprint density at radius 3 is 2.27 bits per heavy atom. The van der Waals surface area contributed by atoms with Gasteiger partial charge < -0.3 is 20.7 Å². The number of benzene rings is 4. The number of nitrogens with one attached hydrogen (secondary N) is 3. The third-order valence-corrected chi connectivity index (χ3v) is 11.5. The van der Waals surface area contributed by atoms with Crippen LogP contribution < -0.4 is 16.0 Å². The van der Waals surface area contributed by atoms with Crippen molar-refractivity contribution in [2.24, 2.45) is 0 Å². The minimum atomic E-state index is -0.542. The van der Waals surface area contributed by atoms with Crippen molar-refractivity contribution in [1.82, 2.24) is 10.2 Å². The molecule has 3 N–H and O–H groups in total. The quantitative estimate of drug-likeness (QED) is 0.0623. The third-order valence-electron chi connectivity index (χ3n) is 9.23. The van der Waals surface area contributed by atoms with Crippen LogP contribution in [-0.4, -0.2) is 47.5 Å². The van der Waals surface area contributed by atoms with Crippen LogP contribution in [0.15, 0.2) is 120 Å². The van der Waals surface area contributed by atoms with Crippen molar-refractivity contribution in [3.05, 3.63) is 153 Å². The first-order valence-corrected chi connectivity index (χ1v) is 19.8. The van der Waals surface area contributed by atoms with E-state index in [2.05, 4.69) is 46.8 Å². The van der Waals surface area contributed by atoms with Gasteiger partial charge in [-0.05, 0) is 77.9 Å². The molecule has 0 aliphatic carbocycles. The van der Waals surface area contributed by atoms with E-state index in [1.54, 1.807) is 55.5 Å². The number of nitrogens with zero attached hydrogens (tertiary/aromatic N) is 1. The Kier molecular flexibility index (Phi) is 13.0. The van der Waals surface area contributed by atoms with Crippen molar-refractivity contribution in [1.29, 1.82) is 0 Å². The molecule has 0 bridgehead atoms. The topological polar surface area (TPSA) is 117 Å². The molecule has 1 aromatic heterocycles. The van der Waals surface area contributed by atoms with Gasteiger partial charge >= 0.3 is 5.97 Å². The summed E-state index contributed by atoms with van der Waals surface area (Å²) in [6.07, 6.45) is 2.33. The van der Waals surface area contributed by atoms with Crippen molar-refractivity contribution >= 4 is 63.6 Å². The van der Waals surface area contributed by atoms with Gasteiger partial charge in [-0.2, -0.15) is 0 Å². The van der Waals surface area contributed by atoms with Gasteiger partial charge in [0.15, 0.2) is 0 Å². The molecule has 6 rings (SSSR count). The van der Waals surface area contributed by atoms with Gasteiger partial charge in [0.1, 0.15) is 10.7 Å². The van der Waals surface area contributed by atoms with Gasteiger partial charge in [0.25, 0.3) is 11.8 Å². The summed E-state index contributed by atoms with van der Waals surface area (Å²) in [5.74, 6) is -1.27. The molecule has 0 radical (unpaired) electrons. The number of carbonyl (C=O) groups excluding carboxylic acids is 4. The number of carbonyl (C=O) groups is 4. The minimum Gasteiger partial charge on any atom is -0.465 e. The van der Waals surface area contributed by atoms with Crippen molar-refractivity contribution in [2.45, 2.75) is 56.3 Å². The number of anilines is 2. The first-order chi connectivity index (χ1) is 26.6. The summed E-state index contributed by atoms with van der Waals surface area (Å²) in [6, 6.07) is 34.0. The Balaban J connectivity index is 1.14. The first kappa shape index (κ1) is 39.2. The van der Waals surface area contributed by atoms with Gasteiger partial charge in [-0.1, -0.05) is 92.7 Å². The highest BCUT2D eigenvalue weighted by Crippen LogP contribution is 2.38. The molecule has 1 aliphatic heterocycles. The number of hydrogen-bond acceptors (Lipinski definition) is 8. The van der Waals surface area contributed by atoms with E-state index in [0.29, 0.717) is 40.7 Å². The standard InChI is InChI=1S/C44H44N4O5S2/c1-28(2)32-20-18-30(19-21-32)24-37(46-41(50)33-14-9-6-10-15-33)42(51)45-34-16-11-17-35(25-34)54-29(3)40(49)47-43-39(44(52)53-4)36-22-23-48(27-38(36)55-43)26-31-12-7-5-8-13-31/h5-21,24-25,28-29H,22-23,26-27H2,1-4H3,(H,45,51)(H,46,50)(H,47,49)/b37-24+. The number of amides is 3. The van der Waals surface area contributed by atoms with Crippen LogP contribution in [0.3, 0.4) is 0 Å². The van der Waals surface area contributed by atoms with Crippen LogP contribution in [0.2, 0.25) is 0 Å². The van der Waals surface area contributed by atoms with Gasteiger partial charge in [0, 0.05) is 40.7 Å². The average Bonchev–Trinajstić information content (AvgIpc) is 3.55. The Morgan fingerprint density at radius 2 is 1.58 bits per heavy atom. The van der Waals surface area contributed by atoms with Crippen LogP contribution in [0, 0.1) is 0 Å². The van der Waals surface area contributed by atoms with E-state index in [1.165, 1.54) is 35.8 Å². The van der Waals surface area contributed by atoms with E-state index in [4.69, 9.17) is 4.74 Å². The Hall–Kier alpha value is -5.49. The molecule has 1 atom stereocenters. The van der Waals surface area contributed by atoms with Crippen LogP contribution >= 0.6 is 23.1 Å². The van der Waals surface area contributed by atoms with E-state index >= 15 is 0 Å². The summed E-state index contributed by atoms with van der Waals surface area (Å²) in [6.45, 7) is 8.28. The van der Waals surface area contributed by atoms with Crippen LogP contribution in [0.5, 0.6) is 0 Å². The Morgan fingerprint density at radius 1 is 0.873 bits per heavy atom. The second-order valence-electron chi connectivity index (χ2n) is 13.6. The number of hydrogen-bond donors (Lipinski definition) is 3. The molecule has 0 fully saturated rings. The van der Waals surface area contributed by atoms with Crippen LogP contribution in [0.4, 0.5) is 10.7 Å². The highest BCUT2D eigenvalue weighted by molar-refractivity contribution is 8.00. The molecule has 5 aromatic rings. The first-order valence-electron chi connectivity index (χ1n) is 18.1. The van der Waals surface area contributed by atoms with Crippen molar-refractivity contribution in [2.75, 3.05) is 24.3 Å². The van der Waals surface area contributed by atoms with Gasteiger partial charge in [-0.3, -0.25) is 19.3 Å². The molecule has 11 heteroatoms. The van der Waals surface area contributed by atoms with Crippen LogP contribution in [0.25, 0.3) is 6.08 Å². The monoisotopic (exact) mass is 772 g/mol. The normalized spacial score (nSPS) is 13.4. The number of rotatable bonds is 13. The summed E-state index contributed by atoms with van der Waals surface area (Å²) in [7, 11) is 1.35. The second kappa shape index (κ2) is 18.2. The highest BCUT2D eigenvalue weighted by Gasteiger charge is 2.30. The van der Waals surface area contributed by atoms with E-state index in [9.17, 15) is 19.2 Å². The minimum absolute atomic E-state index is 0.0835. The molecule has 0 saturated heterocycles. The predicted octanol–water partition coefficient (Wildman–Crippen LogP) is 8.75. The molecular weight excluding hydrogens is 729 g/mol. The number of ether oxygens (including phenoxy) is 1. The molecule has 55 heavy (non-hydrogen) atoms. The summed E-state index contributed by atoms with van der Waals surface area (Å²) >= 11 is 2.75. The molecule has 9 nitrogen and oxygen atoms in total. The number of thiophene rings is 1. The van der Waals surface area contributed by atoms with Crippen molar-refractivity contribution in [3.8, 4) is 0 Å². The molecule has 3 amide bonds. The van der Waals surface area contributed by atoms with Gasteiger partial charge in [0.2, 0.25) is 5.91 Å². The number of esters is 1. The zero-order valence-corrected chi connectivity index (χ0v) is 32.9. The SMILES string of the molecule is COC(=O)c1c(NC(=O)C(C)Sc2cccc(NC(=O)/C(=C\c3ccc(C(C)C)cc3)NC(=O)c3ccccc3)c2)sc2c1CCN(Cc1ccccc1)C2. The zero-order chi connectivity index (χ0) is 38.9. The van der Waals surface area contributed by atoms with Gasteiger partial charge in [0.05, 0.1) is 17.9 Å². The number of fused-ring (bicyclic) bond motifs is 1. The van der Waals surface area contributed by atoms with Crippen molar-refractivity contribution < 1.29 is 23.9 Å². The number of thioether (sulfide) groups is 1. The van der Waals surface area contributed by atoms with Gasteiger partial charge in [-0.25, -0.2) is 4.79 Å². The lowest BCUT2D eigenvalue weighted by Gasteiger charge is -2.27. The molecular formula is C44H44N4O5S2. The van der Waals surface area contributed by atoms with Gasteiger partial charge in [-0.15, -0.1) is 23.1 Å². The lowest BCUT2D eigenvalue weighted by molar-refractivity contribution is -0.115. The van der Waals surface area contributed by atoms with E-state index in [0.717, 1.165) is 39.6 Å². The zero-order valence-electron chi connectivity index (χ0n) is 31.3. The highest BCUT2D eigenvalue weighted by atomic mass is 32.2. The molecule has 0 spiro atoms. The van der Waals surface area contributed by atoms with Crippen LogP contribution in [-0.2, 0) is 33.8 Å². The summed E-state index contributed by atoms with van der Waals surface area (Å²) in [4.78, 5) is 57.5. The summed E-state index contributed by atoms with van der Waals surface area (Å²) in [5, 5.41) is 8.67. The fourth-order valence-corrected chi connectivity index (χ4v) is 8.45. The predicted molar refractivity (Wildman–Crippen MR) is 221 cm³/mol. The third kappa shape index (κ3) is 10.2. The smallest absolute Gasteiger partial charge is 0.341 e. The summed E-state index contributed by atoms with van der Waals surface area (Å²) < 4.78 is 5.15. The maximum atomic E-state index is 13.7. The van der Waals surface area contributed by atoms with Crippen LogP contribution in [0.1, 0.15) is 74.5 Å². The molecule has 282 valence electrons. The van der Waals surface area contributed by atoms with E-state index in [1.807, 2.05) is 54.6 Å². The Labute approximate surface area is 330 Å². The maximum absolute atomic E-state index is 13.7. The molecule has 4 aromatic carbocycles. The molecule has 0 saturated carbocycles. The largest absolute Gasteiger partial charge is 0.465 e. The fraction of sp³-hybridized carbons (Fsp3) is 0.227. The Bertz CT molecular complexity index is 2180. The maximum Gasteiger partial charge on any atom is 0.341 e. The van der Waals surface area contributed by atoms with Crippen molar-refractivity contribution in [3.63, 3.8) is 0 Å². The summed E-state index contributed by atoms with van der Waals surface area (Å²) in [5.41, 5.74) is 5.51.